The molecule has 0 aromatic heterocycles. The molecule has 2 amide bonds. The van der Waals surface area contributed by atoms with E-state index in [-0.39, 0.29) is 35.6 Å². The van der Waals surface area contributed by atoms with Crippen LogP contribution >= 0.6 is 12.4 Å². The number of hydrogen-bond donors (Lipinski definition) is 2. The maximum absolute atomic E-state index is 12.9. The monoisotopic (exact) mass is 440 g/mol. The molecule has 0 aliphatic carbocycles. The number of hydrogen-bond acceptors (Lipinski definition) is 4. The molecule has 8 heteroatoms. The zero-order chi connectivity index (χ0) is 19.4. The fourth-order valence-electron chi connectivity index (χ4n) is 4.89. The van der Waals surface area contributed by atoms with E-state index in [1.54, 1.807) is 0 Å². The highest BCUT2D eigenvalue weighted by molar-refractivity contribution is 5.85. The number of rotatable bonds is 4. The van der Waals surface area contributed by atoms with Crippen LogP contribution in [-0.4, -0.2) is 79.3 Å². The Hall–Kier alpha value is -1.38. The van der Waals surface area contributed by atoms with E-state index in [1.807, 2.05) is 11.0 Å². The molecule has 1 aromatic rings. The van der Waals surface area contributed by atoms with Crippen molar-refractivity contribution in [1.82, 2.24) is 20.4 Å². The molecule has 0 radical (unpaired) electrons. The number of ether oxygens (including phenoxy) is 1. The van der Waals surface area contributed by atoms with Gasteiger partial charge in [0.25, 0.3) is 0 Å². The van der Waals surface area contributed by atoms with Crippen LogP contribution in [-0.2, 0) is 10.3 Å². The summed E-state index contributed by atoms with van der Waals surface area (Å²) in [5, 5.41) is 6.89. The van der Waals surface area contributed by atoms with E-state index < -0.39 is 0 Å². The van der Waals surface area contributed by atoms with E-state index in [0.29, 0.717) is 6.04 Å². The largest absolute Gasteiger partial charge is 0.412 e. The van der Waals surface area contributed by atoms with Crippen molar-refractivity contribution in [2.75, 3.05) is 45.9 Å². The molecule has 1 aromatic carbocycles. The lowest BCUT2D eigenvalue weighted by Crippen LogP contribution is -2.59. The van der Waals surface area contributed by atoms with E-state index in [1.165, 1.54) is 5.56 Å². The predicted molar refractivity (Wildman–Crippen MR) is 121 cm³/mol. The van der Waals surface area contributed by atoms with Crippen molar-refractivity contribution in [3.63, 3.8) is 0 Å². The van der Waals surface area contributed by atoms with Crippen molar-refractivity contribution in [3.05, 3.63) is 35.9 Å². The molecule has 0 saturated carbocycles. The van der Waals surface area contributed by atoms with Crippen molar-refractivity contribution in [3.8, 4) is 0 Å². The summed E-state index contributed by atoms with van der Waals surface area (Å²) >= 11 is 0. The summed E-state index contributed by atoms with van der Waals surface area (Å²) in [4.78, 5) is 17.4. The summed E-state index contributed by atoms with van der Waals surface area (Å²) in [6.45, 7) is 8.64. The number of likely N-dealkylation sites (tertiary alicyclic amines) is 2. The molecular formula is C22H37ClN4O3. The Morgan fingerprint density at radius 1 is 1.17 bits per heavy atom. The molecule has 0 bridgehead atoms. The Labute approximate surface area is 186 Å². The number of carbonyl (C=O) groups is 1. The molecule has 3 aliphatic rings. The van der Waals surface area contributed by atoms with Crippen LogP contribution < -0.4 is 10.6 Å². The van der Waals surface area contributed by atoms with Crippen LogP contribution in [0, 0.1) is 0 Å². The van der Waals surface area contributed by atoms with Gasteiger partial charge in [-0.2, -0.15) is 0 Å². The number of nitrogens with zero attached hydrogens (tertiary/aromatic N) is 2. The Bertz CT molecular complexity index is 643. The maximum Gasteiger partial charge on any atom is 0.318 e. The van der Waals surface area contributed by atoms with E-state index in [2.05, 4.69) is 46.7 Å². The van der Waals surface area contributed by atoms with Crippen molar-refractivity contribution in [1.29, 1.82) is 0 Å². The Morgan fingerprint density at radius 3 is 2.43 bits per heavy atom. The van der Waals surface area contributed by atoms with Gasteiger partial charge in [0.1, 0.15) is 0 Å². The number of piperidine rings is 1. The van der Waals surface area contributed by atoms with Crippen LogP contribution in [0.5, 0.6) is 0 Å². The first-order valence-corrected chi connectivity index (χ1v) is 10.9. The summed E-state index contributed by atoms with van der Waals surface area (Å²) in [6.07, 6.45) is 4.35. The van der Waals surface area contributed by atoms with Gasteiger partial charge in [-0.25, -0.2) is 4.79 Å². The predicted octanol–water partition coefficient (Wildman–Crippen LogP) is 1.76. The van der Waals surface area contributed by atoms with Crippen molar-refractivity contribution < 1.29 is 15.0 Å². The number of benzene rings is 1. The summed E-state index contributed by atoms with van der Waals surface area (Å²) in [7, 11) is 0. The Balaban J connectivity index is 0.00000160. The second-order valence-corrected chi connectivity index (χ2v) is 8.46. The Morgan fingerprint density at radius 2 is 1.83 bits per heavy atom. The van der Waals surface area contributed by atoms with Crippen LogP contribution in [0.1, 0.15) is 38.2 Å². The lowest BCUT2D eigenvalue weighted by molar-refractivity contribution is -0.0369. The Kier molecular flexibility index (Phi) is 9.37. The summed E-state index contributed by atoms with van der Waals surface area (Å²) < 4.78 is 5.98. The van der Waals surface area contributed by atoms with E-state index in [0.717, 1.165) is 71.6 Å². The van der Waals surface area contributed by atoms with Gasteiger partial charge in [0, 0.05) is 45.3 Å². The fraction of sp³-hybridized carbons (Fsp3) is 0.682. The topological polar surface area (TPSA) is 88.3 Å². The quantitative estimate of drug-likeness (QED) is 0.746. The summed E-state index contributed by atoms with van der Waals surface area (Å²) in [5.74, 6) is 0. The third-order valence-electron chi connectivity index (χ3n) is 6.79. The molecule has 3 fully saturated rings. The van der Waals surface area contributed by atoms with Gasteiger partial charge in [0.2, 0.25) is 0 Å². The van der Waals surface area contributed by atoms with Gasteiger partial charge in [-0.3, -0.25) is 4.90 Å². The van der Waals surface area contributed by atoms with Gasteiger partial charge in [0.05, 0.1) is 18.2 Å². The number of nitrogens with one attached hydrogen (secondary N) is 2. The van der Waals surface area contributed by atoms with Crippen molar-refractivity contribution in [2.45, 2.75) is 50.3 Å². The first-order chi connectivity index (χ1) is 13.7. The molecule has 3 heterocycles. The van der Waals surface area contributed by atoms with Crippen molar-refractivity contribution >= 4 is 18.4 Å². The molecule has 170 valence electrons. The lowest BCUT2D eigenvalue weighted by atomic mass is 9.80. The highest BCUT2D eigenvalue weighted by atomic mass is 35.5. The van der Waals surface area contributed by atoms with Crippen molar-refractivity contribution in [2.24, 2.45) is 0 Å². The average molecular weight is 441 g/mol. The fourth-order valence-corrected chi connectivity index (χ4v) is 4.89. The van der Waals surface area contributed by atoms with E-state index >= 15 is 0 Å². The van der Waals surface area contributed by atoms with E-state index in [9.17, 15) is 4.79 Å². The van der Waals surface area contributed by atoms with Gasteiger partial charge in [-0.15, -0.1) is 12.4 Å². The van der Waals surface area contributed by atoms with Crippen LogP contribution in [0.25, 0.3) is 0 Å². The van der Waals surface area contributed by atoms with Gasteiger partial charge < -0.3 is 25.7 Å². The summed E-state index contributed by atoms with van der Waals surface area (Å²) in [6, 6.07) is 11.0. The highest BCUT2D eigenvalue weighted by Gasteiger charge is 2.40. The van der Waals surface area contributed by atoms with Gasteiger partial charge in [-0.05, 0) is 38.2 Å². The molecular weight excluding hydrogens is 404 g/mol. The number of halogens is 1. The number of urea groups is 1. The summed E-state index contributed by atoms with van der Waals surface area (Å²) in [5.41, 5.74) is 0.952. The first-order valence-electron chi connectivity index (χ1n) is 10.9. The first kappa shape index (κ1) is 24.9. The van der Waals surface area contributed by atoms with Gasteiger partial charge in [0.15, 0.2) is 0 Å². The van der Waals surface area contributed by atoms with Crippen LogP contribution in [0.3, 0.4) is 0 Å². The zero-order valence-electron chi connectivity index (χ0n) is 17.9. The molecule has 2 atom stereocenters. The lowest BCUT2D eigenvalue weighted by Gasteiger charge is -2.46. The number of morpholine rings is 1. The smallest absolute Gasteiger partial charge is 0.318 e. The van der Waals surface area contributed by atoms with Gasteiger partial charge >= 0.3 is 6.03 Å². The standard InChI is InChI=1S/C22H34N4O2.ClH.H2O/c1-18(20-17-23-11-16-28-20)25-14-9-22(10-15-25,19-7-3-2-4-8-19)24-21(27)26-12-5-6-13-26;;/h2-4,7-8,18,20,23H,5-6,9-17H2,1H3,(H,24,27);1H;1H2. The minimum atomic E-state index is -0.275. The second-order valence-electron chi connectivity index (χ2n) is 8.46. The van der Waals surface area contributed by atoms with Gasteiger partial charge in [-0.1, -0.05) is 30.3 Å². The SMILES string of the molecule is CC(C1CNCCO1)N1CCC(NC(=O)N2CCCC2)(c2ccccc2)CC1.Cl.O. The maximum atomic E-state index is 12.9. The third kappa shape index (κ3) is 5.45. The van der Waals surface area contributed by atoms with Crippen LogP contribution in [0.2, 0.25) is 0 Å². The second kappa shape index (κ2) is 11.3. The average Bonchev–Trinajstić information content (AvgIpc) is 3.30. The minimum Gasteiger partial charge on any atom is -0.412 e. The molecule has 30 heavy (non-hydrogen) atoms. The number of carbonyl (C=O) groups excluding carboxylic acids is 1. The molecule has 4 N–H and O–H groups in total. The molecule has 3 aliphatic heterocycles. The molecule has 3 saturated heterocycles. The molecule has 7 nitrogen and oxygen atoms in total. The number of amides is 2. The van der Waals surface area contributed by atoms with Crippen LogP contribution in [0.4, 0.5) is 4.79 Å². The van der Waals surface area contributed by atoms with E-state index in [4.69, 9.17) is 4.74 Å². The molecule has 0 spiro atoms. The van der Waals surface area contributed by atoms with Crippen LogP contribution in [0.15, 0.2) is 30.3 Å². The third-order valence-corrected chi connectivity index (χ3v) is 6.79. The zero-order valence-corrected chi connectivity index (χ0v) is 18.8. The minimum absolute atomic E-state index is 0. The highest BCUT2D eigenvalue weighted by Crippen LogP contribution is 2.34. The normalized spacial score (nSPS) is 25.0. The molecule has 4 rings (SSSR count). The molecule has 2 unspecified atom stereocenters.